The topological polar surface area (TPSA) is 88.1 Å². The van der Waals surface area contributed by atoms with Crippen LogP contribution in [-0.2, 0) is 23.9 Å². The molecule has 0 unspecified atom stereocenters. The summed E-state index contributed by atoms with van der Waals surface area (Å²) in [6.07, 6.45) is 3.81. The number of carbonyl (C=O) groups excluding carboxylic acids is 3. The van der Waals surface area contributed by atoms with E-state index in [1.807, 2.05) is 6.07 Å². The molecule has 7 nitrogen and oxygen atoms in total. The average molecular weight is 430 g/mol. The monoisotopic (exact) mass is 430 g/mol. The maximum atomic E-state index is 12.9. The zero-order valence-electron chi connectivity index (χ0n) is 18.9. The van der Waals surface area contributed by atoms with E-state index in [1.165, 1.54) is 6.08 Å². The third-order valence-corrected chi connectivity index (χ3v) is 4.69. The van der Waals surface area contributed by atoms with Gasteiger partial charge in [0.2, 0.25) is 0 Å². The molecule has 0 heterocycles. The lowest BCUT2D eigenvalue weighted by atomic mass is 9.73. The van der Waals surface area contributed by atoms with Crippen molar-refractivity contribution in [2.24, 2.45) is 5.41 Å². The SMILES string of the molecule is COc1ccc(C=CC2=CC(=O)CC(C(=O)OC(C)C)(C(=O)OC(C)C)C2)cc1OC. The van der Waals surface area contributed by atoms with E-state index in [1.54, 1.807) is 66.2 Å². The van der Waals surface area contributed by atoms with Crippen molar-refractivity contribution in [2.75, 3.05) is 14.2 Å². The van der Waals surface area contributed by atoms with Gasteiger partial charge in [0.1, 0.15) is 0 Å². The van der Waals surface area contributed by atoms with Gasteiger partial charge in [-0.3, -0.25) is 14.4 Å². The Hall–Kier alpha value is -3.09. The molecule has 0 bridgehead atoms. The first-order chi connectivity index (χ1) is 14.6. The fraction of sp³-hybridized carbons (Fsp3) is 0.458. The zero-order valence-corrected chi connectivity index (χ0v) is 18.9. The number of carbonyl (C=O) groups is 3. The molecule has 0 saturated carbocycles. The molecule has 0 aromatic heterocycles. The third-order valence-electron chi connectivity index (χ3n) is 4.69. The maximum absolute atomic E-state index is 12.9. The molecular weight excluding hydrogens is 400 g/mol. The molecule has 31 heavy (non-hydrogen) atoms. The van der Waals surface area contributed by atoms with Crippen molar-refractivity contribution in [3.8, 4) is 11.5 Å². The molecule has 0 amide bonds. The Balaban J connectivity index is 2.37. The van der Waals surface area contributed by atoms with Gasteiger partial charge in [-0.2, -0.15) is 0 Å². The lowest BCUT2D eigenvalue weighted by Gasteiger charge is -2.32. The highest BCUT2D eigenvalue weighted by Gasteiger charge is 2.52. The van der Waals surface area contributed by atoms with Gasteiger partial charge in [0.15, 0.2) is 22.7 Å². The summed E-state index contributed by atoms with van der Waals surface area (Å²) in [5.74, 6) is -0.662. The molecule has 2 rings (SSSR count). The van der Waals surface area contributed by atoms with Crippen LogP contribution in [0.1, 0.15) is 46.1 Å². The zero-order chi connectivity index (χ0) is 23.2. The molecular formula is C24H30O7. The van der Waals surface area contributed by atoms with Gasteiger partial charge in [0, 0.05) is 6.42 Å². The summed E-state index contributed by atoms with van der Waals surface area (Å²) in [5.41, 5.74) is -0.360. The van der Waals surface area contributed by atoms with Crippen molar-refractivity contribution in [3.63, 3.8) is 0 Å². The minimum absolute atomic E-state index is 0.0135. The van der Waals surface area contributed by atoms with Crippen LogP contribution in [0.5, 0.6) is 11.5 Å². The van der Waals surface area contributed by atoms with Crippen LogP contribution in [0.4, 0.5) is 0 Å². The molecule has 0 atom stereocenters. The molecule has 0 aliphatic heterocycles. The quantitative estimate of drug-likeness (QED) is 0.457. The number of methoxy groups -OCH3 is 2. The van der Waals surface area contributed by atoms with E-state index in [9.17, 15) is 14.4 Å². The van der Waals surface area contributed by atoms with Crippen LogP contribution >= 0.6 is 0 Å². The largest absolute Gasteiger partial charge is 0.493 e. The van der Waals surface area contributed by atoms with E-state index in [0.29, 0.717) is 17.1 Å². The molecule has 1 aliphatic carbocycles. The maximum Gasteiger partial charge on any atom is 0.324 e. The van der Waals surface area contributed by atoms with Gasteiger partial charge in [-0.1, -0.05) is 18.2 Å². The normalized spacial score (nSPS) is 15.7. The van der Waals surface area contributed by atoms with Crippen molar-refractivity contribution < 1.29 is 33.3 Å². The number of ketones is 1. The first-order valence-electron chi connectivity index (χ1n) is 10.2. The minimum atomic E-state index is -1.70. The molecule has 1 aliphatic rings. The lowest BCUT2D eigenvalue weighted by molar-refractivity contribution is -0.178. The predicted molar refractivity (Wildman–Crippen MR) is 116 cm³/mol. The van der Waals surface area contributed by atoms with Crippen LogP contribution in [0.15, 0.2) is 35.9 Å². The number of benzene rings is 1. The molecule has 0 N–H and O–H groups in total. The number of hydrogen-bond acceptors (Lipinski definition) is 7. The molecule has 1 aromatic carbocycles. The van der Waals surface area contributed by atoms with Crippen LogP contribution in [0, 0.1) is 5.41 Å². The highest BCUT2D eigenvalue weighted by molar-refractivity contribution is 6.08. The van der Waals surface area contributed by atoms with E-state index >= 15 is 0 Å². The Morgan fingerprint density at radius 1 is 0.903 bits per heavy atom. The first kappa shape index (κ1) is 24.2. The molecule has 168 valence electrons. The van der Waals surface area contributed by atoms with Crippen LogP contribution in [0.3, 0.4) is 0 Å². The highest BCUT2D eigenvalue weighted by atomic mass is 16.6. The number of ether oxygens (including phenoxy) is 4. The summed E-state index contributed by atoms with van der Waals surface area (Å²) < 4.78 is 21.2. The summed E-state index contributed by atoms with van der Waals surface area (Å²) in [7, 11) is 3.10. The van der Waals surface area contributed by atoms with Crippen molar-refractivity contribution in [1.29, 1.82) is 0 Å². The Morgan fingerprint density at radius 2 is 1.48 bits per heavy atom. The van der Waals surface area contributed by atoms with E-state index in [4.69, 9.17) is 18.9 Å². The summed E-state index contributed by atoms with van der Waals surface area (Å²) >= 11 is 0. The van der Waals surface area contributed by atoms with Gasteiger partial charge < -0.3 is 18.9 Å². The van der Waals surface area contributed by atoms with Crippen molar-refractivity contribution in [1.82, 2.24) is 0 Å². The van der Waals surface area contributed by atoms with E-state index in [0.717, 1.165) is 5.56 Å². The Labute approximate surface area is 183 Å². The number of hydrogen-bond donors (Lipinski definition) is 0. The molecule has 0 radical (unpaired) electrons. The predicted octanol–water partition coefficient (Wildman–Crippen LogP) is 3.90. The molecule has 0 spiro atoms. The van der Waals surface area contributed by atoms with Crippen molar-refractivity contribution >= 4 is 23.8 Å². The van der Waals surface area contributed by atoms with Crippen LogP contribution in [0.2, 0.25) is 0 Å². The molecule has 1 aromatic rings. The van der Waals surface area contributed by atoms with Crippen LogP contribution < -0.4 is 9.47 Å². The van der Waals surface area contributed by atoms with E-state index in [2.05, 4.69) is 0 Å². The third kappa shape index (κ3) is 5.96. The number of allylic oxidation sites excluding steroid dienone is 3. The first-order valence-corrected chi connectivity index (χ1v) is 10.2. The molecule has 0 saturated heterocycles. The van der Waals surface area contributed by atoms with Crippen LogP contribution in [0.25, 0.3) is 6.08 Å². The lowest BCUT2D eigenvalue weighted by Crippen LogP contribution is -2.46. The standard InChI is InChI=1S/C24H30O7/c1-15(2)30-22(26)24(23(27)31-16(3)4)13-18(11-19(25)14-24)8-7-17-9-10-20(28-5)21(12-17)29-6/h7-12,15-16H,13-14H2,1-6H3. The van der Waals surface area contributed by atoms with Crippen molar-refractivity contribution in [3.05, 3.63) is 41.5 Å². The second-order valence-electron chi connectivity index (χ2n) is 7.98. The van der Waals surface area contributed by atoms with Gasteiger partial charge in [-0.25, -0.2) is 0 Å². The van der Waals surface area contributed by atoms with Crippen LogP contribution in [-0.4, -0.2) is 44.1 Å². The van der Waals surface area contributed by atoms with Gasteiger partial charge in [0.05, 0.1) is 26.4 Å². The van der Waals surface area contributed by atoms with Gasteiger partial charge in [-0.05, 0) is 63.5 Å². The summed E-state index contributed by atoms with van der Waals surface area (Å²) in [5, 5.41) is 0. The van der Waals surface area contributed by atoms with Gasteiger partial charge in [-0.15, -0.1) is 0 Å². The smallest absolute Gasteiger partial charge is 0.324 e. The number of esters is 2. The second-order valence-corrected chi connectivity index (χ2v) is 7.98. The Bertz CT molecular complexity index is 871. The number of rotatable bonds is 8. The van der Waals surface area contributed by atoms with Crippen molar-refractivity contribution in [2.45, 2.75) is 52.7 Å². The Morgan fingerprint density at radius 3 is 2.00 bits per heavy atom. The molecule has 0 fully saturated rings. The fourth-order valence-corrected chi connectivity index (χ4v) is 3.31. The van der Waals surface area contributed by atoms with Gasteiger partial charge >= 0.3 is 11.9 Å². The average Bonchev–Trinajstić information content (AvgIpc) is 2.70. The second kappa shape index (κ2) is 10.3. The summed E-state index contributed by atoms with van der Waals surface area (Å²) in [6.45, 7) is 6.77. The minimum Gasteiger partial charge on any atom is -0.493 e. The van der Waals surface area contributed by atoms with E-state index < -0.39 is 29.6 Å². The highest BCUT2D eigenvalue weighted by Crippen LogP contribution is 2.39. The summed E-state index contributed by atoms with van der Waals surface area (Å²) in [6, 6.07) is 5.38. The Kier molecular flexibility index (Phi) is 8.02. The van der Waals surface area contributed by atoms with Gasteiger partial charge in [0.25, 0.3) is 0 Å². The van der Waals surface area contributed by atoms with E-state index in [-0.39, 0.29) is 18.6 Å². The fourth-order valence-electron chi connectivity index (χ4n) is 3.31. The molecule has 7 heteroatoms. The summed E-state index contributed by atoms with van der Waals surface area (Å²) in [4.78, 5) is 38.3.